The predicted molar refractivity (Wildman–Crippen MR) is 60.7 cm³/mol. The summed E-state index contributed by atoms with van der Waals surface area (Å²) in [6, 6.07) is 0. The van der Waals surface area contributed by atoms with Gasteiger partial charge in [-0.3, -0.25) is 9.59 Å². The molecule has 2 nitrogen and oxygen atoms in total. The zero-order valence-electron chi connectivity index (χ0n) is 9.76. The lowest BCUT2D eigenvalue weighted by Crippen LogP contribution is -2.16. The molecule has 0 aromatic carbocycles. The van der Waals surface area contributed by atoms with Crippen molar-refractivity contribution in [1.29, 1.82) is 0 Å². The van der Waals surface area contributed by atoms with Crippen LogP contribution in [-0.4, -0.2) is 11.6 Å². The molecule has 0 radical (unpaired) electrons. The van der Waals surface area contributed by atoms with Crippen LogP contribution in [0.2, 0.25) is 0 Å². The molecule has 0 spiro atoms. The Labute approximate surface area is 92.4 Å². The van der Waals surface area contributed by atoms with Gasteiger partial charge in [-0.15, -0.1) is 0 Å². The van der Waals surface area contributed by atoms with E-state index in [9.17, 15) is 9.59 Å². The van der Waals surface area contributed by atoms with E-state index in [1.807, 2.05) is 0 Å². The van der Waals surface area contributed by atoms with Gasteiger partial charge in [-0.25, -0.2) is 0 Å². The van der Waals surface area contributed by atoms with Gasteiger partial charge in [0.15, 0.2) is 0 Å². The van der Waals surface area contributed by atoms with E-state index < -0.39 is 0 Å². The van der Waals surface area contributed by atoms with E-state index in [4.69, 9.17) is 0 Å². The summed E-state index contributed by atoms with van der Waals surface area (Å²) in [7, 11) is 0. The standard InChI is InChI=1S/C13H22O2/c1-2-3-8-12(14)10-11-7-5-4-6-9-13(11)15/h11H,2-10H2,1H3. The molecule has 0 saturated heterocycles. The molecule has 2 heteroatoms. The fourth-order valence-electron chi connectivity index (χ4n) is 2.20. The Morgan fingerprint density at radius 3 is 2.87 bits per heavy atom. The molecule has 0 aliphatic heterocycles. The molecule has 15 heavy (non-hydrogen) atoms. The van der Waals surface area contributed by atoms with Gasteiger partial charge in [-0.05, 0) is 19.3 Å². The second-order valence-electron chi connectivity index (χ2n) is 4.61. The average molecular weight is 210 g/mol. The summed E-state index contributed by atoms with van der Waals surface area (Å²) in [4.78, 5) is 23.2. The first kappa shape index (κ1) is 12.4. The van der Waals surface area contributed by atoms with E-state index in [1.54, 1.807) is 0 Å². The third-order valence-corrected chi connectivity index (χ3v) is 3.21. The molecule has 1 atom stereocenters. The fraction of sp³-hybridized carbons (Fsp3) is 0.846. The van der Waals surface area contributed by atoms with Crippen LogP contribution in [0.4, 0.5) is 0 Å². The van der Waals surface area contributed by atoms with Crippen LogP contribution < -0.4 is 0 Å². The van der Waals surface area contributed by atoms with E-state index in [-0.39, 0.29) is 11.7 Å². The summed E-state index contributed by atoms with van der Waals surface area (Å²) in [5.41, 5.74) is 0. The number of hydrogen-bond acceptors (Lipinski definition) is 2. The van der Waals surface area contributed by atoms with Crippen molar-refractivity contribution in [3.05, 3.63) is 0 Å². The van der Waals surface area contributed by atoms with Crippen LogP contribution in [0.25, 0.3) is 0 Å². The van der Waals surface area contributed by atoms with Crippen molar-refractivity contribution < 1.29 is 9.59 Å². The number of hydrogen-bond donors (Lipinski definition) is 0. The first-order valence-electron chi connectivity index (χ1n) is 6.28. The number of Topliss-reactive ketones (excluding diaryl/α,β-unsaturated/α-hetero) is 2. The molecule has 0 amide bonds. The highest BCUT2D eigenvalue weighted by atomic mass is 16.1. The van der Waals surface area contributed by atoms with Gasteiger partial charge in [0.25, 0.3) is 0 Å². The maximum atomic E-state index is 11.7. The maximum absolute atomic E-state index is 11.7. The smallest absolute Gasteiger partial charge is 0.136 e. The van der Waals surface area contributed by atoms with E-state index in [0.29, 0.717) is 25.0 Å². The molecule has 0 bridgehead atoms. The second-order valence-corrected chi connectivity index (χ2v) is 4.61. The van der Waals surface area contributed by atoms with Gasteiger partial charge in [0.2, 0.25) is 0 Å². The van der Waals surface area contributed by atoms with E-state index in [1.165, 1.54) is 0 Å². The molecule has 0 aromatic heterocycles. The molecule has 1 aliphatic rings. The van der Waals surface area contributed by atoms with Gasteiger partial charge in [0.05, 0.1) is 0 Å². The summed E-state index contributed by atoms with van der Waals surface area (Å²) >= 11 is 0. The number of carbonyl (C=O) groups excluding carboxylic acids is 2. The van der Waals surface area contributed by atoms with Gasteiger partial charge in [0, 0.05) is 25.2 Å². The number of carbonyl (C=O) groups is 2. The van der Waals surface area contributed by atoms with Crippen molar-refractivity contribution in [1.82, 2.24) is 0 Å². The molecular formula is C13H22O2. The average Bonchev–Trinajstić information content (AvgIpc) is 2.42. The third kappa shape index (κ3) is 4.59. The normalized spacial score (nSPS) is 22.5. The Morgan fingerprint density at radius 1 is 1.33 bits per heavy atom. The lowest BCUT2D eigenvalue weighted by atomic mass is 9.92. The van der Waals surface area contributed by atoms with Crippen molar-refractivity contribution in [2.75, 3.05) is 0 Å². The highest BCUT2D eigenvalue weighted by Crippen LogP contribution is 2.23. The summed E-state index contributed by atoms with van der Waals surface area (Å²) in [5.74, 6) is 0.673. The zero-order valence-corrected chi connectivity index (χ0v) is 9.76. The summed E-state index contributed by atoms with van der Waals surface area (Å²) in [5, 5.41) is 0. The van der Waals surface area contributed by atoms with Crippen molar-refractivity contribution in [2.45, 2.75) is 64.7 Å². The van der Waals surface area contributed by atoms with Crippen LogP contribution in [0.1, 0.15) is 64.7 Å². The molecule has 0 N–H and O–H groups in total. The van der Waals surface area contributed by atoms with E-state index >= 15 is 0 Å². The highest BCUT2D eigenvalue weighted by molar-refractivity contribution is 5.88. The Balaban J connectivity index is 2.34. The first-order valence-corrected chi connectivity index (χ1v) is 6.28. The lowest BCUT2D eigenvalue weighted by molar-refractivity contribution is -0.128. The van der Waals surface area contributed by atoms with Crippen molar-refractivity contribution in [3.8, 4) is 0 Å². The molecule has 1 unspecified atom stereocenters. The Morgan fingerprint density at radius 2 is 2.13 bits per heavy atom. The molecule has 86 valence electrons. The molecular weight excluding hydrogens is 188 g/mol. The van der Waals surface area contributed by atoms with Gasteiger partial charge >= 0.3 is 0 Å². The molecule has 0 aromatic rings. The van der Waals surface area contributed by atoms with Crippen molar-refractivity contribution in [2.24, 2.45) is 5.92 Å². The van der Waals surface area contributed by atoms with Gasteiger partial charge in [0.1, 0.15) is 11.6 Å². The Kier molecular flexibility index (Phi) is 5.59. The van der Waals surface area contributed by atoms with E-state index in [2.05, 4.69) is 6.92 Å². The fourth-order valence-corrected chi connectivity index (χ4v) is 2.20. The Hall–Kier alpha value is -0.660. The summed E-state index contributed by atoms with van der Waals surface area (Å²) in [6.45, 7) is 2.09. The lowest BCUT2D eigenvalue weighted by Gasteiger charge is -2.11. The van der Waals surface area contributed by atoms with Crippen molar-refractivity contribution >= 4 is 11.6 Å². The topological polar surface area (TPSA) is 34.1 Å². The molecule has 1 aliphatic carbocycles. The minimum absolute atomic E-state index is 0.0526. The molecule has 1 saturated carbocycles. The quantitative estimate of drug-likeness (QED) is 0.652. The second kappa shape index (κ2) is 6.76. The van der Waals surface area contributed by atoms with Gasteiger partial charge < -0.3 is 0 Å². The third-order valence-electron chi connectivity index (χ3n) is 3.21. The molecule has 1 fully saturated rings. The van der Waals surface area contributed by atoms with Crippen LogP contribution in [0.3, 0.4) is 0 Å². The van der Waals surface area contributed by atoms with E-state index in [0.717, 1.165) is 38.5 Å². The zero-order chi connectivity index (χ0) is 11.1. The number of unbranched alkanes of at least 4 members (excludes halogenated alkanes) is 1. The highest BCUT2D eigenvalue weighted by Gasteiger charge is 2.22. The summed E-state index contributed by atoms with van der Waals surface area (Å²) in [6.07, 6.45) is 8.16. The largest absolute Gasteiger partial charge is 0.300 e. The van der Waals surface area contributed by atoms with Crippen LogP contribution in [0, 0.1) is 5.92 Å². The van der Waals surface area contributed by atoms with Gasteiger partial charge in [-0.2, -0.15) is 0 Å². The minimum Gasteiger partial charge on any atom is -0.300 e. The van der Waals surface area contributed by atoms with Gasteiger partial charge in [-0.1, -0.05) is 26.2 Å². The SMILES string of the molecule is CCCCC(=O)CC1CCCCCC1=O. The molecule has 0 heterocycles. The number of ketones is 2. The van der Waals surface area contributed by atoms with Crippen LogP contribution in [0.15, 0.2) is 0 Å². The number of rotatable bonds is 5. The maximum Gasteiger partial charge on any atom is 0.136 e. The predicted octanol–water partition coefficient (Wildman–Crippen LogP) is 3.29. The summed E-state index contributed by atoms with van der Waals surface area (Å²) < 4.78 is 0. The monoisotopic (exact) mass is 210 g/mol. The van der Waals surface area contributed by atoms with Crippen LogP contribution in [0.5, 0.6) is 0 Å². The Bertz CT molecular complexity index is 221. The van der Waals surface area contributed by atoms with Crippen LogP contribution in [-0.2, 0) is 9.59 Å². The van der Waals surface area contributed by atoms with Crippen LogP contribution >= 0.6 is 0 Å². The van der Waals surface area contributed by atoms with Crippen molar-refractivity contribution in [3.63, 3.8) is 0 Å². The molecule has 1 rings (SSSR count). The first-order chi connectivity index (χ1) is 7.24. The minimum atomic E-state index is 0.0526.